The van der Waals surface area contributed by atoms with Gasteiger partial charge in [0.05, 0.1) is 18.1 Å². The van der Waals surface area contributed by atoms with Gasteiger partial charge in [0.1, 0.15) is 17.0 Å². The van der Waals surface area contributed by atoms with Gasteiger partial charge >= 0.3 is 0 Å². The molecule has 2 saturated heterocycles. The van der Waals surface area contributed by atoms with Crippen LogP contribution in [-0.4, -0.2) is 53.7 Å². The molecule has 4 aromatic heterocycles. The van der Waals surface area contributed by atoms with Crippen molar-refractivity contribution in [1.82, 2.24) is 34.8 Å². The van der Waals surface area contributed by atoms with Gasteiger partial charge in [0, 0.05) is 30.4 Å². The number of anilines is 1. The first-order valence-electron chi connectivity index (χ1n) is 10.9. The van der Waals surface area contributed by atoms with Crippen LogP contribution in [0.5, 0.6) is 0 Å². The highest BCUT2D eigenvalue weighted by Gasteiger charge is 2.49. The molecule has 2 bridgehead atoms. The van der Waals surface area contributed by atoms with Gasteiger partial charge in [-0.25, -0.2) is 24.9 Å². The minimum Gasteiger partial charge on any atom is -0.348 e. The smallest absolute Gasteiger partial charge is 0.188 e. The maximum Gasteiger partial charge on any atom is 0.188 e. The Balaban J connectivity index is 1.23. The molecule has 6 heterocycles. The number of imidazole rings is 1. The molecule has 8 nitrogen and oxygen atoms in total. The Labute approximate surface area is 194 Å². The number of fused-ring (bicyclic) bond motifs is 3. The number of hydrogen-bond acceptors (Lipinski definition) is 9. The Hall–Kier alpha value is -2.43. The number of nitrogens with zero attached hydrogens (tertiary/aromatic N) is 7. The predicted molar refractivity (Wildman–Crippen MR) is 129 cm³/mol. The molecule has 2 aliphatic rings. The van der Waals surface area contributed by atoms with E-state index in [9.17, 15) is 0 Å². The third-order valence-electron chi connectivity index (χ3n) is 6.85. The molecule has 32 heavy (non-hydrogen) atoms. The average molecular weight is 467 g/mol. The Kier molecular flexibility index (Phi) is 4.44. The van der Waals surface area contributed by atoms with E-state index in [-0.39, 0.29) is 11.1 Å². The summed E-state index contributed by atoms with van der Waals surface area (Å²) in [5.41, 5.74) is 2.20. The van der Waals surface area contributed by atoms with E-state index in [1.54, 1.807) is 41.4 Å². The van der Waals surface area contributed by atoms with Gasteiger partial charge in [-0.05, 0) is 46.5 Å². The van der Waals surface area contributed by atoms with E-state index in [4.69, 9.17) is 9.97 Å². The van der Waals surface area contributed by atoms with Crippen LogP contribution < -0.4 is 10.2 Å². The minimum absolute atomic E-state index is 0.242. The molecule has 2 aliphatic heterocycles. The topological polar surface area (TPSA) is 84.7 Å². The summed E-state index contributed by atoms with van der Waals surface area (Å²) in [6, 6.07) is 0.499. The normalized spacial score (nSPS) is 27.3. The van der Waals surface area contributed by atoms with E-state index in [1.165, 1.54) is 12.8 Å². The van der Waals surface area contributed by atoms with Crippen LogP contribution in [0, 0.1) is 6.92 Å². The molecule has 0 amide bonds. The first-order valence-corrected chi connectivity index (χ1v) is 12.6. The summed E-state index contributed by atoms with van der Waals surface area (Å²) in [5, 5.41) is 5.78. The summed E-state index contributed by atoms with van der Waals surface area (Å²) in [7, 11) is 2.19. The molecule has 3 atom stereocenters. The summed E-state index contributed by atoms with van der Waals surface area (Å²) >= 11 is 3.25. The second kappa shape index (κ2) is 7.03. The number of hydrogen-bond donors (Lipinski definition) is 1. The van der Waals surface area contributed by atoms with Crippen LogP contribution in [0.15, 0.2) is 24.9 Å². The van der Waals surface area contributed by atoms with Gasteiger partial charge in [-0.2, -0.15) is 0 Å². The van der Waals surface area contributed by atoms with Crippen LogP contribution in [0.1, 0.15) is 45.2 Å². The molecule has 1 unspecified atom stereocenters. The van der Waals surface area contributed by atoms with Gasteiger partial charge in [-0.3, -0.25) is 4.57 Å². The fourth-order valence-electron chi connectivity index (χ4n) is 5.26. The Morgan fingerprint density at radius 2 is 1.78 bits per heavy atom. The van der Waals surface area contributed by atoms with E-state index in [1.807, 2.05) is 17.7 Å². The zero-order valence-corrected chi connectivity index (χ0v) is 20.3. The standard InChI is InChI=1S/C22H26N8S2/c1-13-11-30(12-25-13)16-10-23-15(9-24-16)17-26-18-19(31-17)27-20(32-18)29(4)14-7-21(2)5-6-22(3,8-14)28-21/h9-12,14,28H,5-8H2,1-4H3/t14?,21-,22+. The quantitative estimate of drug-likeness (QED) is 0.482. The summed E-state index contributed by atoms with van der Waals surface area (Å²) in [5.74, 6) is 0.744. The van der Waals surface area contributed by atoms with E-state index < -0.39 is 0 Å². The molecular weight excluding hydrogens is 440 g/mol. The molecule has 10 heteroatoms. The zero-order valence-electron chi connectivity index (χ0n) is 18.7. The van der Waals surface area contributed by atoms with Crippen LogP contribution in [0.3, 0.4) is 0 Å². The highest BCUT2D eigenvalue weighted by Crippen LogP contribution is 2.45. The second-order valence-corrected chi connectivity index (χ2v) is 11.7. The lowest BCUT2D eigenvalue weighted by Gasteiger charge is -2.45. The molecular formula is C22H26N8S2. The van der Waals surface area contributed by atoms with Gasteiger partial charge in [0.25, 0.3) is 0 Å². The minimum atomic E-state index is 0.242. The van der Waals surface area contributed by atoms with Gasteiger partial charge in [0.15, 0.2) is 20.6 Å². The van der Waals surface area contributed by atoms with Crippen molar-refractivity contribution in [3.05, 3.63) is 30.6 Å². The van der Waals surface area contributed by atoms with Gasteiger partial charge < -0.3 is 10.2 Å². The first kappa shape index (κ1) is 20.2. The van der Waals surface area contributed by atoms with Crippen molar-refractivity contribution in [3.8, 4) is 16.5 Å². The maximum atomic E-state index is 4.94. The summed E-state index contributed by atoms with van der Waals surface area (Å²) in [6.45, 7) is 6.69. The molecule has 0 aromatic carbocycles. The maximum absolute atomic E-state index is 4.94. The van der Waals surface area contributed by atoms with E-state index >= 15 is 0 Å². The number of nitrogens with one attached hydrogen (secondary N) is 1. The van der Waals surface area contributed by atoms with Crippen LogP contribution in [0.4, 0.5) is 5.13 Å². The molecule has 166 valence electrons. The van der Waals surface area contributed by atoms with Crippen molar-refractivity contribution in [1.29, 1.82) is 0 Å². The molecule has 0 spiro atoms. The van der Waals surface area contributed by atoms with Crippen molar-refractivity contribution >= 4 is 37.5 Å². The van der Waals surface area contributed by atoms with Gasteiger partial charge in [0.2, 0.25) is 0 Å². The van der Waals surface area contributed by atoms with Crippen molar-refractivity contribution in [2.75, 3.05) is 11.9 Å². The monoisotopic (exact) mass is 466 g/mol. The van der Waals surface area contributed by atoms with Crippen LogP contribution >= 0.6 is 22.7 Å². The molecule has 0 saturated carbocycles. The SMILES string of the molecule is Cc1cn(-c2cnc(-c3nc4sc(N(C)C5C[C@]6(C)CC[C@](C)(C5)N6)nc4s3)cn2)cn1. The average Bonchev–Trinajstić information content (AvgIpc) is 3.49. The van der Waals surface area contributed by atoms with E-state index in [0.717, 1.165) is 49.8 Å². The van der Waals surface area contributed by atoms with Crippen molar-refractivity contribution in [3.63, 3.8) is 0 Å². The van der Waals surface area contributed by atoms with E-state index in [2.05, 4.69) is 46.1 Å². The highest BCUT2D eigenvalue weighted by molar-refractivity contribution is 7.29. The third kappa shape index (κ3) is 3.41. The molecule has 0 aliphatic carbocycles. The Bertz CT molecular complexity index is 1240. The number of thiazole rings is 2. The zero-order chi connectivity index (χ0) is 22.1. The van der Waals surface area contributed by atoms with Crippen molar-refractivity contribution in [2.45, 2.75) is 63.6 Å². The van der Waals surface area contributed by atoms with Crippen molar-refractivity contribution < 1.29 is 0 Å². The summed E-state index contributed by atoms with van der Waals surface area (Å²) in [4.78, 5) is 27.4. The molecule has 2 fully saturated rings. The first-order chi connectivity index (χ1) is 15.3. The van der Waals surface area contributed by atoms with Gasteiger partial charge in [-0.1, -0.05) is 22.7 Å². The number of rotatable bonds is 4. The third-order valence-corrected chi connectivity index (χ3v) is 8.99. The number of aromatic nitrogens is 6. The molecule has 6 rings (SSSR count). The fourth-order valence-corrected chi connectivity index (χ4v) is 7.29. The lowest BCUT2D eigenvalue weighted by Crippen LogP contribution is -2.58. The van der Waals surface area contributed by atoms with Crippen LogP contribution in [-0.2, 0) is 0 Å². The largest absolute Gasteiger partial charge is 0.348 e. The molecule has 0 radical (unpaired) electrons. The highest BCUT2D eigenvalue weighted by atomic mass is 32.1. The lowest BCUT2D eigenvalue weighted by molar-refractivity contribution is 0.208. The van der Waals surface area contributed by atoms with Crippen molar-refractivity contribution in [2.24, 2.45) is 0 Å². The summed E-state index contributed by atoms with van der Waals surface area (Å²) < 4.78 is 1.87. The molecule has 4 aromatic rings. The second-order valence-electron chi connectivity index (χ2n) is 9.73. The Morgan fingerprint density at radius 1 is 1.03 bits per heavy atom. The number of piperidine rings is 1. The van der Waals surface area contributed by atoms with E-state index in [0.29, 0.717) is 6.04 Å². The molecule has 1 N–H and O–H groups in total. The Morgan fingerprint density at radius 3 is 2.41 bits per heavy atom. The van der Waals surface area contributed by atoms with Gasteiger partial charge in [-0.15, -0.1) is 0 Å². The van der Waals surface area contributed by atoms with Crippen LogP contribution in [0.25, 0.3) is 26.2 Å². The lowest BCUT2D eigenvalue weighted by atomic mass is 9.84. The fraction of sp³-hybridized carbons (Fsp3) is 0.500. The van der Waals surface area contributed by atoms with Crippen LogP contribution in [0.2, 0.25) is 0 Å². The number of aryl methyl sites for hydroxylation is 1. The summed E-state index contributed by atoms with van der Waals surface area (Å²) in [6.07, 6.45) is 12.0. The predicted octanol–water partition coefficient (Wildman–Crippen LogP) is 4.20.